The van der Waals surface area contributed by atoms with Crippen LogP contribution in [-0.4, -0.2) is 37.7 Å². The molecule has 0 atom stereocenters. The van der Waals surface area contributed by atoms with Gasteiger partial charge in [0.15, 0.2) is 0 Å². The maximum Gasteiger partial charge on any atom is 0.0599 e. The zero-order valence-corrected chi connectivity index (χ0v) is 11.3. The van der Waals surface area contributed by atoms with Crippen LogP contribution in [-0.2, 0) is 4.74 Å². The van der Waals surface area contributed by atoms with Crippen molar-refractivity contribution in [3.63, 3.8) is 0 Å². The SMILES string of the molecule is CC.CC(C)CCOC1CCN(C)CC1. The van der Waals surface area contributed by atoms with Crippen LogP contribution in [0.15, 0.2) is 0 Å². The third kappa shape index (κ3) is 7.80. The minimum absolute atomic E-state index is 0.537. The van der Waals surface area contributed by atoms with Crippen molar-refractivity contribution in [3.05, 3.63) is 0 Å². The smallest absolute Gasteiger partial charge is 0.0599 e. The molecule has 0 aromatic carbocycles. The van der Waals surface area contributed by atoms with Crippen LogP contribution in [0.4, 0.5) is 0 Å². The van der Waals surface area contributed by atoms with Gasteiger partial charge in [-0.05, 0) is 32.2 Å². The standard InChI is InChI=1S/C11H23NO.C2H6/c1-10(2)6-9-13-11-4-7-12(3)8-5-11;1-2/h10-11H,4-9H2,1-3H3;1-2H3. The van der Waals surface area contributed by atoms with E-state index in [1.54, 1.807) is 0 Å². The highest BCUT2D eigenvalue weighted by molar-refractivity contribution is 4.69. The molecule has 0 aromatic heterocycles. The summed E-state index contributed by atoms with van der Waals surface area (Å²) in [5, 5.41) is 0. The third-order valence-corrected chi connectivity index (χ3v) is 2.71. The maximum atomic E-state index is 5.82. The quantitative estimate of drug-likeness (QED) is 0.714. The molecule has 1 aliphatic heterocycles. The lowest BCUT2D eigenvalue weighted by Gasteiger charge is -2.29. The monoisotopic (exact) mass is 215 g/mol. The van der Waals surface area contributed by atoms with Gasteiger partial charge in [-0.1, -0.05) is 27.7 Å². The first-order valence-corrected chi connectivity index (χ1v) is 6.48. The van der Waals surface area contributed by atoms with Gasteiger partial charge in [0.05, 0.1) is 6.10 Å². The molecule has 2 nitrogen and oxygen atoms in total. The highest BCUT2D eigenvalue weighted by Gasteiger charge is 2.16. The molecule has 0 amide bonds. The van der Waals surface area contributed by atoms with Crippen LogP contribution in [0, 0.1) is 5.92 Å². The molecule has 0 unspecified atom stereocenters. The summed E-state index contributed by atoms with van der Waals surface area (Å²) in [6.45, 7) is 11.8. The van der Waals surface area contributed by atoms with Crippen LogP contribution in [0.5, 0.6) is 0 Å². The number of rotatable bonds is 4. The molecule has 0 aromatic rings. The predicted molar refractivity (Wildman–Crippen MR) is 67.3 cm³/mol. The zero-order chi connectivity index (χ0) is 11.7. The van der Waals surface area contributed by atoms with E-state index in [9.17, 15) is 0 Å². The average Bonchev–Trinajstić information content (AvgIpc) is 2.23. The van der Waals surface area contributed by atoms with Gasteiger partial charge in [0, 0.05) is 19.7 Å². The lowest BCUT2D eigenvalue weighted by molar-refractivity contribution is 0.00796. The fraction of sp³-hybridized carbons (Fsp3) is 1.00. The highest BCUT2D eigenvalue weighted by Crippen LogP contribution is 2.13. The second-order valence-electron chi connectivity index (χ2n) is 4.56. The van der Waals surface area contributed by atoms with Gasteiger partial charge in [-0.15, -0.1) is 0 Å². The number of nitrogens with zero attached hydrogens (tertiary/aromatic N) is 1. The fourth-order valence-electron chi connectivity index (χ4n) is 1.62. The van der Waals surface area contributed by atoms with E-state index in [1.165, 1.54) is 32.4 Å². The number of likely N-dealkylation sites (tertiary alicyclic amines) is 1. The molecule has 0 bridgehead atoms. The Bertz CT molecular complexity index is 128. The molecule has 0 N–H and O–H groups in total. The van der Waals surface area contributed by atoms with E-state index in [0.717, 1.165) is 12.5 Å². The molecular formula is C13H29NO. The van der Waals surface area contributed by atoms with E-state index < -0.39 is 0 Å². The maximum absolute atomic E-state index is 5.82. The number of piperidine rings is 1. The zero-order valence-electron chi connectivity index (χ0n) is 11.3. The molecule has 2 heteroatoms. The van der Waals surface area contributed by atoms with Gasteiger partial charge in [0.25, 0.3) is 0 Å². The number of hydrogen-bond acceptors (Lipinski definition) is 2. The van der Waals surface area contributed by atoms with Crippen molar-refractivity contribution in [2.24, 2.45) is 5.92 Å². The number of hydrogen-bond donors (Lipinski definition) is 0. The Balaban J connectivity index is 0.000000921. The Morgan fingerprint density at radius 3 is 2.20 bits per heavy atom. The summed E-state index contributed by atoms with van der Waals surface area (Å²) >= 11 is 0. The predicted octanol–water partition coefficient (Wildman–Crippen LogP) is 3.17. The summed E-state index contributed by atoms with van der Waals surface area (Å²) in [6, 6.07) is 0. The first-order valence-electron chi connectivity index (χ1n) is 6.48. The van der Waals surface area contributed by atoms with Gasteiger partial charge in [0.2, 0.25) is 0 Å². The lowest BCUT2D eigenvalue weighted by atomic mass is 10.1. The normalized spacial score (nSPS) is 18.8. The average molecular weight is 215 g/mol. The van der Waals surface area contributed by atoms with Crippen LogP contribution in [0.25, 0.3) is 0 Å². The highest BCUT2D eigenvalue weighted by atomic mass is 16.5. The summed E-state index contributed by atoms with van der Waals surface area (Å²) < 4.78 is 5.82. The summed E-state index contributed by atoms with van der Waals surface area (Å²) in [5.41, 5.74) is 0. The summed E-state index contributed by atoms with van der Waals surface area (Å²) in [7, 11) is 2.18. The fourth-order valence-corrected chi connectivity index (χ4v) is 1.62. The van der Waals surface area contributed by atoms with Crippen LogP contribution in [0.2, 0.25) is 0 Å². The topological polar surface area (TPSA) is 12.5 Å². The molecule has 0 radical (unpaired) electrons. The molecule has 1 heterocycles. The molecule has 1 fully saturated rings. The van der Waals surface area contributed by atoms with E-state index in [0.29, 0.717) is 6.10 Å². The van der Waals surface area contributed by atoms with Crippen LogP contribution in [0.1, 0.15) is 47.0 Å². The second-order valence-corrected chi connectivity index (χ2v) is 4.56. The van der Waals surface area contributed by atoms with Crippen molar-refractivity contribution < 1.29 is 4.74 Å². The molecule has 1 aliphatic rings. The van der Waals surface area contributed by atoms with Gasteiger partial charge in [0.1, 0.15) is 0 Å². The van der Waals surface area contributed by atoms with Crippen LogP contribution < -0.4 is 0 Å². The van der Waals surface area contributed by atoms with E-state index in [4.69, 9.17) is 4.74 Å². The van der Waals surface area contributed by atoms with Gasteiger partial charge < -0.3 is 9.64 Å². The largest absolute Gasteiger partial charge is 0.378 e. The molecular weight excluding hydrogens is 186 g/mol. The summed E-state index contributed by atoms with van der Waals surface area (Å²) in [5.74, 6) is 0.770. The van der Waals surface area contributed by atoms with Crippen molar-refractivity contribution in [1.29, 1.82) is 0 Å². The number of ether oxygens (including phenoxy) is 1. The van der Waals surface area contributed by atoms with E-state index >= 15 is 0 Å². The molecule has 0 spiro atoms. The molecule has 92 valence electrons. The summed E-state index contributed by atoms with van der Waals surface area (Å²) in [6.07, 6.45) is 4.17. The third-order valence-electron chi connectivity index (χ3n) is 2.71. The molecule has 15 heavy (non-hydrogen) atoms. The van der Waals surface area contributed by atoms with Crippen molar-refractivity contribution >= 4 is 0 Å². The molecule has 0 aliphatic carbocycles. The van der Waals surface area contributed by atoms with Crippen molar-refractivity contribution in [1.82, 2.24) is 4.90 Å². The van der Waals surface area contributed by atoms with Crippen molar-refractivity contribution in [2.45, 2.75) is 53.1 Å². The Morgan fingerprint density at radius 1 is 1.20 bits per heavy atom. The van der Waals surface area contributed by atoms with Gasteiger partial charge in [-0.3, -0.25) is 0 Å². The van der Waals surface area contributed by atoms with E-state index in [-0.39, 0.29) is 0 Å². The van der Waals surface area contributed by atoms with Gasteiger partial charge in [-0.2, -0.15) is 0 Å². The van der Waals surface area contributed by atoms with Gasteiger partial charge >= 0.3 is 0 Å². The Kier molecular flexibility index (Phi) is 9.12. The Morgan fingerprint density at radius 2 is 1.73 bits per heavy atom. The summed E-state index contributed by atoms with van der Waals surface area (Å²) in [4.78, 5) is 2.38. The van der Waals surface area contributed by atoms with E-state index in [2.05, 4.69) is 25.8 Å². The van der Waals surface area contributed by atoms with Crippen LogP contribution in [0.3, 0.4) is 0 Å². The molecule has 0 saturated carbocycles. The Labute approximate surface area is 96.0 Å². The molecule has 1 saturated heterocycles. The lowest BCUT2D eigenvalue weighted by Crippen LogP contribution is -2.34. The second kappa shape index (κ2) is 9.17. The molecule has 1 rings (SSSR count). The van der Waals surface area contributed by atoms with Crippen molar-refractivity contribution in [2.75, 3.05) is 26.7 Å². The Hall–Kier alpha value is -0.0800. The van der Waals surface area contributed by atoms with Gasteiger partial charge in [-0.25, -0.2) is 0 Å². The van der Waals surface area contributed by atoms with E-state index in [1.807, 2.05) is 13.8 Å². The van der Waals surface area contributed by atoms with Crippen molar-refractivity contribution in [3.8, 4) is 0 Å². The van der Waals surface area contributed by atoms with Crippen LogP contribution >= 0.6 is 0 Å². The minimum atomic E-state index is 0.537. The first-order chi connectivity index (χ1) is 7.18. The first kappa shape index (κ1) is 14.9. The minimum Gasteiger partial charge on any atom is -0.378 e.